The SMILES string of the molecule is COc1cc2c(cc1OC)[C@@]13CCCC4(OCCO4)C1=C[C@@]2(C)O3. The predicted molar refractivity (Wildman–Crippen MR) is 86.2 cm³/mol. The van der Waals surface area contributed by atoms with E-state index in [0.717, 1.165) is 41.9 Å². The summed E-state index contributed by atoms with van der Waals surface area (Å²) in [7, 11) is 3.33. The lowest BCUT2D eigenvalue weighted by Crippen LogP contribution is -2.46. The van der Waals surface area contributed by atoms with Crippen LogP contribution in [0.2, 0.25) is 0 Å². The van der Waals surface area contributed by atoms with Gasteiger partial charge in [0.25, 0.3) is 0 Å². The lowest BCUT2D eigenvalue weighted by molar-refractivity contribution is -0.178. The molecule has 3 heterocycles. The first-order chi connectivity index (χ1) is 11.6. The molecule has 5 heteroatoms. The van der Waals surface area contributed by atoms with E-state index in [1.54, 1.807) is 14.2 Å². The van der Waals surface area contributed by atoms with E-state index in [1.807, 2.05) is 6.07 Å². The minimum absolute atomic E-state index is 0.466. The summed E-state index contributed by atoms with van der Waals surface area (Å²) in [6.07, 6.45) is 5.04. The molecule has 5 rings (SSSR count). The zero-order valence-corrected chi connectivity index (χ0v) is 14.3. The third kappa shape index (κ3) is 1.56. The Balaban J connectivity index is 1.73. The summed E-state index contributed by atoms with van der Waals surface area (Å²) in [5, 5.41) is 0. The second-order valence-electron chi connectivity index (χ2n) is 7.15. The topological polar surface area (TPSA) is 46.2 Å². The van der Waals surface area contributed by atoms with E-state index in [4.69, 9.17) is 23.7 Å². The third-order valence-electron chi connectivity index (χ3n) is 5.93. The van der Waals surface area contributed by atoms with Gasteiger partial charge in [-0.25, -0.2) is 0 Å². The van der Waals surface area contributed by atoms with Gasteiger partial charge in [0.2, 0.25) is 0 Å². The molecule has 0 N–H and O–H groups in total. The van der Waals surface area contributed by atoms with Gasteiger partial charge >= 0.3 is 0 Å². The normalized spacial score (nSPS) is 34.9. The van der Waals surface area contributed by atoms with Crippen LogP contribution in [0.1, 0.15) is 37.3 Å². The highest BCUT2D eigenvalue weighted by molar-refractivity contribution is 5.62. The van der Waals surface area contributed by atoms with Gasteiger partial charge in [-0.05, 0) is 49.1 Å². The number of benzene rings is 1. The fraction of sp³-hybridized carbons (Fsp3) is 0.579. The molecule has 1 saturated carbocycles. The average Bonchev–Trinajstić information content (AvgIpc) is 3.23. The van der Waals surface area contributed by atoms with E-state index in [-0.39, 0.29) is 0 Å². The molecule has 0 unspecified atom stereocenters. The van der Waals surface area contributed by atoms with Gasteiger partial charge in [0.1, 0.15) is 11.2 Å². The molecule has 1 saturated heterocycles. The van der Waals surface area contributed by atoms with Crippen molar-refractivity contribution in [3.63, 3.8) is 0 Å². The number of fused-ring (bicyclic) bond motifs is 4. The number of ether oxygens (including phenoxy) is 5. The van der Waals surface area contributed by atoms with Crippen molar-refractivity contribution in [1.29, 1.82) is 0 Å². The Labute approximate surface area is 141 Å². The molecule has 1 aliphatic carbocycles. The highest BCUT2D eigenvalue weighted by Crippen LogP contribution is 2.66. The minimum atomic E-state index is -0.610. The van der Waals surface area contributed by atoms with Gasteiger partial charge in [-0.2, -0.15) is 0 Å². The highest BCUT2D eigenvalue weighted by atomic mass is 16.7. The molecule has 1 aromatic carbocycles. The van der Waals surface area contributed by atoms with Crippen LogP contribution in [0.15, 0.2) is 23.8 Å². The second kappa shape index (κ2) is 4.54. The van der Waals surface area contributed by atoms with Crippen molar-refractivity contribution in [2.75, 3.05) is 27.4 Å². The van der Waals surface area contributed by atoms with Crippen LogP contribution >= 0.6 is 0 Å². The summed E-state index contributed by atoms with van der Waals surface area (Å²) >= 11 is 0. The van der Waals surface area contributed by atoms with Crippen molar-refractivity contribution in [1.82, 2.24) is 0 Å². The van der Waals surface area contributed by atoms with E-state index in [1.165, 1.54) is 5.56 Å². The summed E-state index contributed by atoms with van der Waals surface area (Å²) in [5.74, 6) is 0.859. The Hall–Kier alpha value is -1.56. The van der Waals surface area contributed by atoms with Gasteiger partial charge in [-0.3, -0.25) is 0 Å². The lowest BCUT2D eigenvalue weighted by Gasteiger charge is -2.43. The fourth-order valence-corrected chi connectivity index (χ4v) is 4.99. The molecule has 4 aliphatic rings. The maximum Gasteiger partial charge on any atom is 0.194 e. The van der Waals surface area contributed by atoms with Crippen LogP contribution in [0.4, 0.5) is 0 Å². The van der Waals surface area contributed by atoms with E-state index in [9.17, 15) is 0 Å². The molecular formula is C19H22O5. The van der Waals surface area contributed by atoms with E-state index < -0.39 is 17.0 Å². The summed E-state index contributed by atoms with van der Waals surface area (Å²) in [6.45, 7) is 3.40. The van der Waals surface area contributed by atoms with Crippen LogP contribution in [-0.2, 0) is 25.4 Å². The summed E-state index contributed by atoms with van der Waals surface area (Å²) in [4.78, 5) is 0. The van der Waals surface area contributed by atoms with E-state index in [2.05, 4.69) is 19.1 Å². The van der Waals surface area contributed by atoms with Gasteiger partial charge in [0.15, 0.2) is 17.3 Å². The van der Waals surface area contributed by atoms with Gasteiger partial charge in [0, 0.05) is 12.0 Å². The van der Waals surface area contributed by atoms with Crippen molar-refractivity contribution in [2.24, 2.45) is 0 Å². The van der Waals surface area contributed by atoms with Crippen LogP contribution in [0.5, 0.6) is 11.5 Å². The lowest BCUT2D eigenvalue weighted by atomic mass is 9.68. The zero-order valence-electron chi connectivity index (χ0n) is 14.3. The smallest absolute Gasteiger partial charge is 0.194 e. The molecule has 2 spiro atoms. The first-order valence-corrected chi connectivity index (χ1v) is 8.56. The summed E-state index contributed by atoms with van der Waals surface area (Å²) in [6, 6.07) is 4.12. The summed E-state index contributed by atoms with van der Waals surface area (Å²) in [5.41, 5.74) is 2.52. The van der Waals surface area contributed by atoms with Crippen LogP contribution in [-0.4, -0.2) is 33.2 Å². The highest BCUT2D eigenvalue weighted by Gasteiger charge is 2.65. The molecule has 2 atom stereocenters. The Bertz CT molecular complexity index is 748. The molecule has 128 valence electrons. The monoisotopic (exact) mass is 330 g/mol. The van der Waals surface area contributed by atoms with E-state index >= 15 is 0 Å². The number of rotatable bonds is 2. The zero-order chi connectivity index (χ0) is 16.6. The van der Waals surface area contributed by atoms with Gasteiger partial charge in [0.05, 0.1) is 27.4 Å². The predicted octanol–water partition coefficient (Wildman–Crippen LogP) is 3.01. The fourth-order valence-electron chi connectivity index (χ4n) is 4.99. The molecule has 1 aromatic rings. The maximum absolute atomic E-state index is 6.64. The molecule has 2 fully saturated rings. The summed E-state index contributed by atoms with van der Waals surface area (Å²) < 4.78 is 29.8. The van der Waals surface area contributed by atoms with Crippen molar-refractivity contribution in [3.05, 3.63) is 34.9 Å². The Morgan fingerprint density at radius 2 is 1.62 bits per heavy atom. The molecule has 24 heavy (non-hydrogen) atoms. The van der Waals surface area contributed by atoms with Crippen LogP contribution < -0.4 is 9.47 Å². The van der Waals surface area contributed by atoms with Crippen LogP contribution in [0, 0.1) is 0 Å². The van der Waals surface area contributed by atoms with Gasteiger partial charge < -0.3 is 23.7 Å². The van der Waals surface area contributed by atoms with Crippen molar-refractivity contribution < 1.29 is 23.7 Å². The molecule has 2 bridgehead atoms. The Morgan fingerprint density at radius 3 is 2.29 bits per heavy atom. The molecule has 5 nitrogen and oxygen atoms in total. The number of hydrogen-bond donors (Lipinski definition) is 0. The molecule has 0 amide bonds. The van der Waals surface area contributed by atoms with Crippen LogP contribution in [0.3, 0.4) is 0 Å². The van der Waals surface area contributed by atoms with Gasteiger partial charge in [-0.15, -0.1) is 0 Å². The van der Waals surface area contributed by atoms with Crippen molar-refractivity contribution in [3.8, 4) is 11.5 Å². The van der Waals surface area contributed by atoms with E-state index in [0.29, 0.717) is 13.2 Å². The Kier molecular flexibility index (Phi) is 2.79. The first-order valence-electron chi connectivity index (χ1n) is 8.56. The standard InChI is InChI=1S/C19H22O5/c1-17-11-16-18(24-17,5-4-6-19(16)22-7-8-23-19)13-10-15(21-3)14(20-2)9-12(13)17/h9-11H,4-8H2,1-3H3/t17-,18+/m1/s1. The first kappa shape index (κ1) is 14.8. The Morgan fingerprint density at radius 1 is 0.958 bits per heavy atom. The average molecular weight is 330 g/mol. The minimum Gasteiger partial charge on any atom is -0.493 e. The number of hydrogen-bond acceptors (Lipinski definition) is 5. The number of methoxy groups -OCH3 is 2. The maximum atomic E-state index is 6.64. The van der Waals surface area contributed by atoms with Crippen molar-refractivity contribution >= 4 is 0 Å². The molecule has 3 aliphatic heterocycles. The largest absolute Gasteiger partial charge is 0.493 e. The van der Waals surface area contributed by atoms with Crippen LogP contribution in [0.25, 0.3) is 0 Å². The molecular weight excluding hydrogens is 308 g/mol. The van der Waals surface area contributed by atoms with Gasteiger partial charge in [-0.1, -0.05) is 0 Å². The molecule has 0 radical (unpaired) electrons. The van der Waals surface area contributed by atoms with Crippen molar-refractivity contribution in [2.45, 2.75) is 43.2 Å². The third-order valence-corrected chi connectivity index (χ3v) is 5.93. The second-order valence-corrected chi connectivity index (χ2v) is 7.15. The molecule has 0 aromatic heterocycles. The quantitative estimate of drug-likeness (QED) is 0.780.